The van der Waals surface area contributed by atoms with Crippen LogP contribution in [0.2, 0.25) is 0 Å². The summed E-state index contributed by atoms with van der Waals surface area (Å²) in [6.07, 6.45) is 8.65. The van der Waals surface area contributed by atoms with Crippen molar-refractivity contribution in [2.24, 2.45) is 17.8 Å². The van der Waals surface area contributed by atoms with Crippen molar-refractivity contribution in [1.29, 1.82) is 0 Å². The molecule has 3 fully saturated rings. The molecule has 1 aliphatic heterocycles. The van der Waals surface area contributed by atoms with E-state index in [0.29, 0.717) is 42.1 Å². The summed E-state index contributed by atoms with van der Waals surface area (Å²) < 4.78 is 40.2. The van der Waals surface area contributed by atoms with Crippen LogP contribution in [0.25, 0.3) is 21.6 Å². The van der Waals surface area contributed by atoms with Crippen LogP contribution in [-0.2, 0) is 24.4 Å². The fourth-order valence-electron chi connectivity index (χ4n) is 7.47. The fourth-order valence-corrected chi connectivity index (χ4v) is 9.77. The molecule has 52 heavy (non-hydrogen) atoms. The molecule has 0 bridgehead atoms. The third-order valence-electron chi connectivity index (χ3n) is 10.9. The van der Waals surface area contributed by atoms with Gasteiger partial charge in [-0.15, -0.1) is 11.3 Å². The molecule has 3 aromatic rings. The number of fused-ring (bicyclic) bond motifs is 3. The number of carbonyl (C=O) groups excluding carboxylic acids is 3. The lowest BCUT2D eigenvalue weighted by atomic mass is 9.93. The number of carbonyl (C=O) groups is 3. The van der Waals surface area contributed by atoms with Gasteiger partial charge >= 0.3 is 0 Å². The quantitative estimate of drug-likeness (QED) is 0.259. The van der Waals surface area contributed by atoms with E-state index in [2.05, 4.69) is 29.2 Å². The molecule has 14 heteroatoms. The van der Waals surface area contributed by atoms with Crippen LogP contribution < -0.4 is 24.8 Å². The van der Waals surface area contributed by atoms with Gasteiger partial charge in [-0.2, -0.15) is 0 Å². The molecule has 7 rings (SSSR count). The largest absolute Gasteiger partial charge is 0.496 e. The van der Waals surface area contributed by atoms with E-state index in [1.54, 1.807) is 7.11 Å². The van der Waals surface area contributed by atoms with Crippen LogP contribution in [0.15, 0.2) is 35.7 Å². The Bertz CT molecular complexity index is 2020. The third-order valence-corrected chi connectivity index (χ3v) is 13.6. The Morgan fingerprint density at radius 2 is 1.83 bits per heavy atom. The van der Waals surface area contributed by atoms with Crippen molar-refractivity contribution in [3.8, 4) is 22.2 Å². The first-order valence-corrected chi connectivity index (χ1v) is 20.8. The molecule has 1 aromatic carbocycles. The van der Waals surface area contributed by atoms with Crippen LogP contribution in [0.4, 0.5) is 0 Å². The van der Waals surface area contributed by atoms with Crippen LogP contribution in [0.3, 0.4) is 0 Å². The summed E-state index contributed by atoms with van der Waals surface area (Å²) in [4.78, 5) is 51.4. The average Bonchev–Trinajstić information content (AvgIpc) is 3.98. The van der Waals surface area contributed by atoms with E-state index < -0.39 is 50.6 Å². The van der Waals surface area contributed by atoms with Gasteiger partial charge in [-0.25, -0.2) is 18.4 Å². The van der Waals surface area contributed by atoms with E-state index in [-0.39, 0.29) is 37.0 Å². The number of methoxy groups -OCH3 is 1. The van der Waals surface area contributed by atoms with Crippen LogP contribution in [-0.4, -0.2) is 66.7 Å². The summed E-state index contributed by atoms with van der Waals surface area (Å²) >= 11 is 1.51. The highest BCUT2D eigenvalue weighted by Gasteiger charge is 2.62. The van der Waals surface area contributed by atoms with Gasteiger partial charge in [0.1, 0.15) is 33.8 Å². The summed E-state index contributed by atoms with van der Waals surface area (Å²) in [5, 5.41) is 8.97. The number of pyridine rings is 1. The molecule has 278 valence electrons. The Labute approximate surface area is 308 Å². The smallest absolute Gasteiger partial charge is 0.259 e. The first-order chi connectivity index (χ1) is 24.9. The lowest BCUT2D eigenvalue weighted by Crippen LogP contribution is -2.54. The van der Waals surface area contributed by atoms with Gasteiger partial charge in [-0.05, 0) is 76.3 Å². The zero-order valence-corrected chi connectivity index (χ0v) is 31.7. The van der Waals surface area contributed by atoms with Gasteiger partial charge in [-0.1, -0.05) is 32.4 Å². The van der Waals surface area contributed by atoms with Crippen LogP contribution in [0.1, 0.15) is 88.8 Å². The Hall–Kier alpha value is -4.04. The van der Waals surface area contributed by atoms with Gasteiger partial charge in [0.15, 0.2) is 0 Å². The second-order valence-electron chi connectivity index (χ2n) is 15.0. The number of aryl methyl sites for hydroxylation is 1. The number of ether oxygens (including phenoxy) is 2. The standard InChI is InChI=1S/C38H47N5O7S2/c1-21(2)30-20-51-36(41-30)29-18-32(26-13-14-31(49-4)22(3)33(26)40-29)50-24-16-27-28(17-24)35(45)42-38(37(46)43-52(47,48)25-11-12-25)19-23(38)10-8-6-5-7-9-15-39-34(27)44/h8,10,13-14,18,20-21,23-25,27-28H,5-7,9,11-12,15-17,19H2,1-4H3,(H,39,44)(H,42,45)(H,43,46)/b10-8-. The second-order valence-corrected chi connectivity index (χ2v) is 17.8. The van der Waals surface area contributed by atoms with Crippen LogP contribution in [0, 0.1) is 24.7 Å². The first-order valence-electron chi connectivity index (χ1n) is 18.3. The molecule has 2 aromatic heterocycles. The molecule has 12 nitrogen and oxygen atoms in total. The molecule has 3 heterocycles. The number of nitrogens with zero attached hydrogens (tertiary/aromatic N) is 2. The van der Waals surface area contributed by atoms with Gasteiger partial charge in [0.2, 0.25) is 21.8 Å². The number of benzene rings is 1. The minimum Gasteiger partial charge on any atom is -0.496 e. The molecule has 0 radical (unpaired) electrons. The predicted octanol–water partition coefficient (Wildman–Crippen LogP) is 5.30. The van der Waals surface area contributed by atoms with E-state index in [9.17, 15) is 22.8 Å². The Balaban J connectivity index is 1.20. The van der Waals surface area contributed by atoms with E-state index in [1.165, 1.54) is 11.3 Å². The highest BCUT2D eigenvalue weighted by molar-refractivity contribution is 7.91. The van der Waals surface area contributed by atoms with E-state index in [4.69, 9.17) is 19.4 Å². The Morgan fingerprint density at radius 1 is 1.06 bits per heavy atom. The van der Waals surface area contributed by atoms with Crippen molar-refractivity contribution in [2.75, 3.05) is 13.7 Å². The van der Waals surface area contributed by atoms with E-state index >= 15 is 0 Å². The van der Waals surface area contributed by atoms with Gasteiger partial charge < -0.3 is 20.1 Å². The number of hydrogen-bond donors (Lipinski definition) is 3. The minimum absolute atomic E-state index is 0.228. The second kappa shape index (κ2) is 14.4. The zero-order chi connectivity index (χ0) is 36.8. The van der Waals surface area contributed by atoms with Crippen molar-refractivity contribution >= 4 is 50.0 Å². The Kier molecular flexibility index (Phi) is 10.1. The summed E-state index contributed by atoms with van der Waals surface area (Å²) in [7, 11) is -2.21. The molecular formula is C38H47N5O7S2. The molecular weight excluding hydrogens is 703 g/mol. The lowest BCUT2D eigenvalue weighted by molar-refractivity contribution is -0.136. The normalized spacial score (nSPS) is 27.4. The predicted molar refractivity (Wildman–Crippen MR) is 199 cm³/mol. The SMILES string of the molecule is COc1ccc2c(OC3CC4C(=O)NCCCCC/C=C\C5CC5(C(=O)NS(=O)(=O)C5CC5)NC(=O)C4C3)cc(-c3nc(C(C)C)cs3)nc2c1C. The number of aromatic nitrogens is 2. The van der Waals surface area contributed by atoms with E-state index in [0.717, 1.165) is 47.3 Å². The number of thiazole rings is 1. The summed E-state index contributed by atoms with van der Waals surface area (Å²) in [5.41, 5.74) is 1.78. The zero-order valence-electron chi connectivity index (χ0n) is 30.1. The van der Waals surface area contributed by atoms with Crippen molar-refractivity contribution < 1.29 is 32.3 Å². The minimum atomic E-state index is -3.83. The third kappa shape index (κ3) is 7.28. The molecule has 4 aliphatic rings. The molecule has 0 saturated heterocycles. The highest BCUT2D eigenvalue weighted by Crippen LogP contribution is 2.47. The molecule has 5 unspecified atom stereocenters. The Morgan fingerprint density at radius 3 is 2.54 bits per heavy atom. The van der Waals surface area contributed by atoms with Crippen LogP contribution >= 0.6 is 11.3 Å². The van der Waals surface area contributed by atoms with E-state index in [1.807, 2.05) is 42.7 Å². The number of rotatable bonds is 8. The van der Waals surface area contributed by atoms with Gasteiger partial charge in [0.05, 0.1) is 35.4 Å². The topological polar surface area (TPSA) is 166 Å². The van der Waals surface area contributed by atoms with Gasteiger partial charge in [0, 0.05) is 34.9 Å². The first kappa shape index (κ1) is 36.3. The lowest BCUT2D eigenvalue weighted by Gasteiger charge is -2.23. The maximum Gasteiger partial charge on any atom is 0.259 e. The van der Waals surface area contributed by atoms with Crippen molar-refractivity contribution in [3.63, 3.8) is 0 Å². The number of hydrogen-bond acceptors (Lipinski definition) is 10. The maximum absolute atomic E-state index is 14.2. The molecule has 3 aliphatic carbocycles. The number of sulfonamides is 1. The monoisotopic (exact) mass is 749 g/mol. The maximum atomic E-state index is 14.2. The molecule has 5 atom stereocenters. The van der Waals surface area contributed by atoms with Gasteiger partial charge in [-0.3, -0.25) is 19.1 Å². The summed E-state index contributed by atoms with van der Waals surface area (Å²) in [6.45, 7) is 6.63. The summed E-state index contributed by atoms with van der Waals surface area (Å²) in [5.74, 6) is -1.75. The van der Waals surface area contributed by atoms with Crippen molar-refractivity contribution in [2.45, 2.75) is 101 Å². The number of nitrogens with one attached hydrogen (secondary N) is 3. The average molecular weight is 750 g/mol. The van der Waals surface area contributed by atoms with Crippen LogP contribution in [0.5, 0.6) is 11.5 Å². The van der Waals surface area contributed by atoms with Gasteiger partial charge in [0.25, 0.3) is 5.91 Å². The molecule has 3 amide bonds. The number of allylic oxidation sites excluding steroid dienone is 1. The number of amides is 3. The molecule has 3 saturated carbocycles. The highest BCUT2D eigenvalue weighted by atomic mass is 32.2. The van der Waals surface area contributed by atoms with Crippen molar-refractivity contribution in [1.82, 2.24) is 25.3 Å². The molecule has 0 spiro atoms. The summed E-state index contributed by atoms with van der Waals surface area (Å²) in [6, 6.07) is 5.65. The fraction of sp³-hybridized carbons (Fsp3) is 0.553. The van der Waals surface area contributed by atoms with Crippen molar-refractivity contribution in [3.05, 3.63) is 47.0 Å². The molecule has 3 N–H and O–H groups in total.